The van der Waals surface area contributed by atoms with Gasteiger partial charge in [-0.25, -0.2) is 4.79 Å². The fourth-order valence-corrected chi connectivity index (χ4v) is 2.23. The normalized spacial score (nSPS) is 16.4. The number of anilines is 1. The smallest absolute Gasteiger partial charge is 0.417 e. The molecule has 0 radical (unpaired) electrons. The van der Waals surface area contributed by atoms with Gasteiger partial charge in [0, 0.05) is 32.4 Å². The van der Waals surface area contributed by atoms with Crippen molar-refractivity contribution in [2.75, 3.05) is 31.1 Å². The Bertz CT molecular complexity index is 562. The maximum Gasteiger partial charge on any atom is 0.417 e. The second-order valence-corrected chi connectivity index (χ2v) is 6.38. The third-order valence-electron chi connectivity index (χ3n) is 3.35. The summed E-state index contributed by atoms with van der Waals surface area (Å²) in [4.78, 5) is 19.0. The molecule has 8 heteroatoms. The molecule has 1 aliphatic heterocycles. The molecule has 0 bridgehead atoms. The van der Waals surface area contributed by atoms with Crippen LogP contribution in [-0.4, -0.2) is 47.8 Å². The van der Waals surface area contributed by atoms with Crippen molar-refractivity contribution in [2.24, 2.45) is 0 Å². The molecule has 23 heavy (non-hydrogen) atoms. The summed E-state index contributed by atoms with van der Waals surface area (Å²) < 4.78 is 43.5. The highest BCUT2D eigenvalue weighted by Gasteiger charge is 2.32. The van der Waals surface area contributed by atoms with Gasteiger partial charge in [0.2, 0.25) is 0 Å². The van der Waals surface area contributed by atoms with Gasteiger partial charge in [-0.1, -0.05) is 0 Å². The highest BCUT2D eigenvalue weighted by atomic mass is 19.4. The molecule has 0 unspecified atom stereocenters. The molecule has 0 saturated carbocycles. The molecule has 0 aromatic carbocycles. The first-order valence-corrected chi connectivity index (χ1v) is 7.31. The van der Waals surface area contributed by atoms with Crippen LogP contribution in [0.5, 0.6) is 0 Å². The lowest BCUT2D eigenvalue weighted by Crippen LogP contribution is -2.50. The number of carbonyl (C=O) groups excluding carboxylic acids is 1. The fraction of sp³-hybridized carbons (Fsp3) is 0.600. The van der Waals surface area contributed by atoms with E-state index in [-0.39, 0.29) is 0 Å². The van der Waals surface area contributed by atoms with Crippen molar-refractivity contribution in [2.45, 2.75) is 32.5 Å². The lowest BCUT2D eigenvalue weighted by molar-refractivity contribution is -0.137. The fourth-order valence-electron chi connectivity index (χ4n) is 2.23. The average molecular weight is 331 g/mol. The number of rotatable bonds is 1. The lowest BCUT2D eigenvalue weighted by Gasteiger charge is -2.36. The van der Waals surface area contributed by atoms with E-state index >= 15 is 0 Å². The van der Waals surface area contributed by atoms with Crippen molar-refractivity contribution >= 4 is 11.8 Å². The van der Waals surface area contributed by atoms with Crippen LogP contribution in [0.15, 0.2) is 18.5 Å². The Hall–Kier alpha value is -1.99. The molecule has 128 valence electrons. The minimum absolute atomic E-state index is 0.394. The number of nitrogens with zero attached hydrogens (tertiary/aromatic N) is 3. The van der Waals surface area contributed by atoms with Gasteiger partial charge in [0.1, 0.15) is 5.60 Å². The van der Waals surface area contributed by atoms with Crippen LogP contribution in [-0.2, 0) is 10.9 Å². The molecule has 0 N–H and O–H groups in total. The first-order chi connectivity index (χ1) is 10.6. The predicted molar refractivity (Wildman–Crippen MR) is 79.3 cm³/mol. The number of hydrogen-bond donors (Lipinski definition) is 0. The standard InChI is InChI=1S/C15H20F3N3O2/c1-14(2,3)23-13(22)21-6-4-20(5-7-21)12-8-11(9-19-10-12)15(16,17)18/h8-10H,4-7H2,1-3H3. The third kappa shape index (κ3) is 4.74. The van der Waals surface area contributed by atoms with Crippen LogP contribution in [0.1, 0.15) is 26.3 Å². The number of pyridine rings is 1. The van der Waals surface area contributed by atoms with Crippen LogP contribution >= 0.6 is 0 Å². The minimum Gasteiger partial charge on any atom is -0.444 e. The zero-order valence-electron chi connectivity index (χ0n) is 13.4. The van der Waals surface area contributed by atoms with Crippen molar-refractivity contribution in [1.29, 1.82) is 0 Å². The minimum atomic E-state index is -4.42. The van der Waals surface area contributed by atoms with Gasteiger partial charge in [0.05, 0.1) is 17.4 Å². The Morgan fingerprint density at radius 2 is 1.74 bits per heavy atom. The molecule has 2 rings (SSSR count). The van der Waals surface area contributed by atoms with Crippen molar-refractivity contribution < 1.29 is 22.7 Å². The number of piperazine rings is 1. The van der Waals surface area contributed by atoms with Crippen LogP contribution < -0.4 is 4.90 Å². The van der Waals surface area contributed by atoms with Crippen LogP contribution in [0.25, 0.3) is 0 Å². The molecule has 0 spiro atoms. The van der Waals surface area contributed by atoms with E-state index in [2.05, 4.69) is 4.98 Å². The van der Waals surface area contributed by atoms with Crippen molar-refractivity contribution in [3.05, 3.63) is 24.0 Å². The summed E-state index contributed by atoms with van der Waals surface area (Å²) in [6, 6.07) is 1.08. The first-order valence-electron chi connectivity index (χ1n) is 7.31. The predicted octanol–water partition coefficient (Wildman–Crippen LogP) is 3.16. The Labute approximate surface area is 133 Å². The summed E-state index contributed by atoms with van der Waals surface area (Å²) in [5.74, 6) is 0. The van der Waals surface area contributed by atoms with Gasteiger partial charge in [-0.3, -0.25) is 4.98 Å². The van der Waals surface area contributed by atoms with Crippen LogP contribution in [0.2, 0.25) is 0 Å². The third-order valence-corrected chi connectivity index (χ3v) is 3.35. The Morgan fingerprint density at radius 1 is 1.13 bits per heavy atom. The molecule has 1 aromatic rings. The summed E-state index contributed by atoms with van der Waals surface area (Å²) >= 11 is 0. The molecule has 1 aliphatic rings. The van der Waals surface area contributed by atoms with Gasteiger partial charge in [-0.2, -0.15) is 13.2 Å². The zero-order valence-corrected chi connectivity index (χ0v) is 13.4. The van der Waals surface area contributed by atoms with Crippen LogP contribution in [0, 0.1) is 0 Å². The molecule has 1 aromatic heterocycles. The highest BCUT2D eigenvalue weighted by molar-refractivity contribution is 5.68. The number of ether oxygens (including phenoxy) is 1. The van der Waals surface area contributed by atoms with E-state index < -0.39 is 23.4 Å². The van der Waals surface area contributed by atoms with Gasteiger partial charge in [0.15, 0.2) is 0 Å². The van der Waals surface area contributed by atoms with E-state index in [0.717, 1.165) is 12.3 Å². The van der Waals surface area contributed by atoms with Crippen LogP contribution in [0.4, 0.5) is 23.7 Å². The molecular formula is C15H20F3N3O2. The van der Waals surface area contributed by atoms with E-state index in [0.29, 0.717) is 31.9 Å². The molecule has 5 nitrogen and oxygen atoms in total. The molecular weight excluding hydrogens is 311 g/mol. The highest BCUT2D eigenvalue weighted by Crippen LogP contribution is 2.31. The van der Waals surface area contributed by atoms with E-state index in [1.807, 2.05) is 0 Å². The van der Waals surface area contributed by atoms with Gasteiger partial charge >= 0.3 is 12.3 Å². The summed E-state index contributed by atoms with van der Waals surface area (Å²) in [5.41, 5.74) is -0.938. The second kappa shape index (κ2) is 6.25. The quantitative estimate of drug-likeness (QED) is 0.793. The lowest BCUT2D eigenvalue weighted by atomic mass is 10.2. The maximum absolute atomic E-state index is 12.7. The molecule has 1 saturated heterocycles. The van der Waals surface area contributed by atoms with E-state index in [9.17, 15) is 18.0 Å². The van der Waals surface area contributed by atoms with Crippen molar-refractivity contribution in [1.82, 2.24) is 9.88 Å². The van der Waals surface area contributed by atoms with Crippen LogP contribution in [0.3, 0.4) is 0 Å². The number of amides is 1. The molecule has 1 fully saturated rings. The van der Waals surface area contributed by atoms with E-state index in [1.54, 1.807) is 30.6 Å². The van der Waals surface area contributed by atoms with Gasteiger partial charge in [-0.05, 0) is 26.8 Å². The number of carbonyl (C=O) groups is 1. The van der Waals surface area contributed by atoms with Gasteiger partial charge < -0.3 is 14.5 Å². The zero-order chi connectivity index (χ0) is 17.3. The van der Waals surface area contributed by atoms with Crippen molar-refractivity contribution in [3.63, 3.8) is 0 Å². The molecule has 2 heterocycles. The first kappa shape index (κ1) is 17.4. The summed E-state index contributed by atoms with van der Waals surface area (Å²) in [5, 5.41) is 0. The van der Waals surface area contributed by atoms with E-state index in [1.165, 1.54) is 6.20 Å². The number of halogens is 3. The SMILES string of the molecule is CC(C)(C)OC(=O)N1CCN(c2cncc(C(F)(F)F)c2)CC1. The molecule has 1 amide bonds. The van der Waals surface area contributed by atoms with E-state index in [4.69, 9.17) is 4.74 Å². The Balaban J connectivity index is 1.98. The Kier molecular flexibility index (Phi) is 4.72. The summed E-state index contributed by atoms with van der Waals surface area (Å²) in [6.07, 6.45) is -2.61. The summed E-state index contributed by atoms with van der Waals surface area (Å²) in [7, 11) is 0. The largest absolute Gasteiger partial charge is 0.444 e. The number of aromatic nitrogens is 1. The monoisotopic (exact) mass is 331 g/mol. The Morgan fingerprint density at radius 3 is 2.26 bits per heavy atom. The maximum atomic E-state index is 12.7. The molecule has 0 atom stereocenters. The topological polar surface area (TPSA) is 45.7 Å². The second-order valence-electron chi connectivity index (χ2n) is 6.38. The number of alkyl halides is 3. The average Bonchev–Trinajstić information content (AvgIpc) is 2.45. The van der Waals surface area contributed by atoms with Gasteiger partial charge in [-0.15, -0.1) is 0 Å². The molecule has 0 aliphatic carbocycles. The number of hydrogen-bond acceptors (Lipinski definition) is 4. The summed E-state index contributed by atoms with van der Waals surface area (Å²) in [6.45, 7) is 7.02. The van der Waals surface area contributed by atoms with Crippen molar-refractivity contribution in [3.8, 4) is 0 Å². The van der Waals surface area contributed by atoms with Gasteiger partial charge in [0.25, 0.3) is 0 Å².